The van der Waals surface area contributed by atoms with E-state index in [1.807, 2.05) is 18.2 Å². The summed E-state index contributed by atoms with van der Waals surface area (Å²) in [6.07, 6.45) is 0.0300. The third kappa shape index (κ3) is 1.59. The van der Waals surface area contributed by atoms with E-state index < -0.39 is 0 Å². The van der Waals surface area contributed by atoms with Gasteiger partial charge in [-0.3, -0.25) is 14.6 Å². The van der Waals surface area contributed by atoms with Crippen LogP contribution < -0.4 is 9.80 Å². The van der Waals surface area contributed by atoms with E-state index in [4.69, 9.17) is 0 Å². The van der Waals surface area contributed by atoms with Gasteiger partial charge in [-0.1, -0.05) is 0 Å². The molecule has 3 heterocycles. The van der Waals surface area contributed by atoms with Gasteiger partial charge >= 0.3 is 0 Å². The van der Waals surface area contributed by atoms with E-state index in [-0.39, 0.29) is 24.7 Å². The molecule has 3 aliphatic heterocycles. The fourth-order valence-corrected chi connectivity index (χ4v) is 3.69. The highest BCUT2D eigenvalue weighted by Gasteiger charge is 2.33. The molecule has 96 valence electrons. The van der Waals surface area contributed by atoms with Crippen molar-refractivity contribution in [2.45, 2.75) is 11.3 Å². The second-order valence-electron chi connectivity index (χ2n) is 4.77. The number of aliphatic imine (C=N–C) groups is 1. The van der Waals surface area contributed by atoms with E-state index in [1.54, 1.807) is 16.7 Å². The number of carbonyl (C=O) groups excluding carboxylic acids is 2. The fourth-order valence-electron chi connectivity index (χ4n) is 2.63. The Morgan fingerprint density at radius 2 is 2.11 bits per heavy atom. The topological polar surface area (TPSA) is 53.0 Å². The molecule has 0 radical (unpaired) electrons. The van der Waals surface area contributed by atoms with Gasteiger partial charge in [-0.2, -0.15) is 0 Å². The summed E-state index contributed by atoms with van der Waals surface area (Å²) in [6, 6.07) is 5.91. The molecule has 6 heteroatoms. The number of amides is 1. The predicted molar refractivity (Wildman–Crippen MR) is 73.9 cm³/mol. The summed E-state index contributed by atoms with van der Waals surface area (Å²) < 4.78 is 0. The number of fused-ring (bicyclic) bond motifs is 3. The number of ketones is 1. The summed E-state index contributed by atoms with van der Waals surface area (Å²) in [5.74, 6) is -0.116. The van der Waals surface area contributed by atoms with Gasteiger partial charge < -0.3 is 9.80 Å². The predicted octanol–water partition coefficient (Wildman–Crippen LogP) is 1.27. The number of amidine groups is 1. The summed E-state index contributed by atoms with van der Waals surface area (Å²) >= 11 is 1.66. The van der Waals surface area contributed by atoms with Crippen LogP contribution in [0.15, 0.2) is 28.1 Å². The van der Waals surface area contributed by atoms with Crippen molar-refractivity contribution in [3.8, 4) is 0 Å². The number of carbonyl (C=O) groups is 2. The van der Waals surface area contributed by atoms with E-state index in [9.17, 15) is 9.59 Å². The van der Waals surface area contributed by atoms with Crippen LogP contribution in [-0.4, -0.2) is 36.5 Å². The minimum absolute atomic E-state index is 0.0108. The highest BCUT2D eigenvalue weighted by molar-refractivity contribution is 8.14. The summed E-state index contributed by atoms with van der Waals surface area (Å²) in [7, 11) is 0. The van der Waals surface area contributed by atoms with E-state index in [0.717, 1.165) is 29.6 Å². The van der Waals surface area contributed by atoms with Gasteiger partial charge in [-0.15, -0.1) is 0 Å². The lowest BCUT2D eigenvalue weighted by molar-refractivity contribution is -0.121. The lowest BCUT2D eigenvalue weighted by atomic mass is 10.2. The molecule has 3 aliphatic rings. The van der Waals surface area contributed by atoms with Crippen LogP contribution in [-0.2, 0) is 9.59 Å². The minimum Gasteiger partial charge on any atom is -0.318 e. The summed E-state index contributed by atoms with van der Waals surface area (Å²) in [5.41, 5.74) is 1.91. The minimum atomic E-state index is -0.106. The Balaban J connectivity index is 1.73. The Labute approximate surface area is 114 Å². The van der Waals surface area contributed by atoms with Gasteiger partial charge in [-0.25, -0.2) is 0 Å². The SMILES string of the molecule is O=C1CC(=O)N(c2ccc3c(c2)N2CCN=C2S3)C1. The van der Waals surface area contributed by atoms with Gasteiger partial charge in [-0.05, 0) is 30.0 Å². The molecular weight excluding hydrogens is 262 g/mol. The maximum atomic E-state index is 11.8. The highest BCUT2D eigenvalue weighted by Crippen LogP contribution is 2.43. The van der Waals surface area contributed by atoms with E-state index in [1.165, 1.54) is 4.90 Å². The molecule has 0 bridgehead atoms. The lowest BCUT2D eigenvalue weighted by Crippen LogP contribution is -2.25. The molecule has 19 heavy (non-hydrogen) atoms. The Kier molecular flexibility index (Phi) is 2.23. The average Bonchev–Trinajstić information content (AvgIpc) is 3.03. The standard InChI is InChI=1S/C13H11N3O2S/c17-9-6-12(18)16(7-9)8-1-2-11-10(5-8)15-4-3-14-13(15)19-11/h1-2,5H,3-4,6-7H2. The van der Waals surface area contributed by atoms with Crippen molar-refractivity contribution in [2.75, 3.05) is 29.4 Å². The lowest BCUT2D eigenvalue weighted by Gasteiger charge is -2.18. The number of hydrogen-bond acceptors (Lipinski definition) is 5. The Bertz CT molecular complexity index is 641. The number of rotatable bonds is 1. The van der Waals surface area contributed by atoms with E-state index in [2.05, 4.69) is 9.89 Å². The second-order valence-corrected chi connectivity index (χ2v) is 5.77. The molecule has 5 nitrogen and oxygen atoms in total. The number of Topliss-reactive ketones (excluding diaryl/α,β-unsaturated/α-hetero) is 1. The smallest absolute Gasteiger partial charge is 0.234 e. The normalized spacial score (nSPS) is 20.9. The molecule has 0 atom stereocenters. The number of hydrogen-bond donors (Lipinski definition) is 0. The zero-order valence-corrected chi connectivity index (χ0v) is 10.9. The monoisotopic (exact) mass is 273 g/mol. The molecule has 4 rings (SSSR count). The van der Waals surface area contributed by atoms with Gasteiger partial charge in [0, 0.05) is 17.1 Å². The van der Waals surface area contributed by atoms with Gasteiger partial charge in [0.15, 0.2) is 11.0 Å². The van der Waals surface area contributed by atoms with Crippen LogP contribution in [0.4, 0.5) is 11.4 Å². The Morgan fingerprint density at radius 3 is 2.89 bits per heavy atom. The van der Waals surface area contributed by atoms with Crippen LogP contribution in [0.3, 0.4) is 0 Å². The summed E-state index contributed by atoms with van der Waals surface area (Å²) in [5, 5.41) is 1.04. The van der Waals surface area contributed by atoms with Crippen molar-refractivity contribution in [1.29, 1.82) is 0 Å². The van der Waals surface area contributed by atoms with Crippen LogP contribution in [0.5, 0.6) is 0 Å². The van der Waals surface area contributed by atoms with E-state index >= 15 is 0 Å². The van der Waals surface area contributed by atoms with Gasteiger partial charge in [0.05, 0.1) is 25.2 Å². The molecule has 0 unspecified atom stereocenters. The first-order chi connectivity index (χ1) is 9.22. The number of benzene rings is 1. The first-order valence-corrected chi connectivity index (χ1v) is 7.00. The van der Waals surface area contributed by atoms with Crippen molar-refractivity contribution in [3.05, 3.63) is 18.2 Å². The molecule has 0 saturated carbocycles. The largest absolute Gasteiger partial charge is 0.318 e. The summed E-state index contributed by atoms with van der Waals surface area (Å²) in [4.78, 5) is 32.5. The van der Waals surface area contributed by atoms with Gasteiger partial charge in [0.25, 0.3) is 0 Å². The zero-order valence-electron chi connectivity index (χ0n) is 10.1. The van der Waals surface area contributed by atoms with Crippen LogP contribution in [0.25, 0.3) is 0 Å². The third-order valence-electron chi connectivity index (χ3n) is 3.53. The quantitative estimate of drug-likeness (QED) is 0.723. The fraction of sp³-hybridized carbons (Fsp3) is 0.308. The highest BCUT2D eigenvalue weighted by atomic mass is 32.2. The maximum Gasteiger partial charge on any atom is 0.234 e. The zero-order chi connectivity index (χ0) is 13.0. The first-order valence-electron chi connectivity index (χ1n) is 6.18. The van der Waals surface area contributed by atoms with Crippen molar-refractivity contribution in [1.82, 2.24) is 0 Å². The van der Waals surface area contributed by atoms with E-state index in [0.29, 0.717) is 0 Å². The van der Waals surface area contributed by atoms with Gasteiger partial charge in [0.2, 0.25) is 5.91 Å². The first kappa shape index (κ1) is 11.0. The molecule has 0 aromatic heterocycles. The molecule has 0 aliphatic carbocycles. The van der Waals surface area contributed by atoms with Crippen molar-refractivity contribution in [3.63, 3.8) is 0 Å². The van der Waals surface area contributed by atoms with Crippen molar-refractivity contribution >= 4 is 40.0 Å². The molecule has 1 aromatic rings. The van der Waals surface area contributed by atoms with Crippen LogP contribution in [0, 0.1) is 0 Å². The van der Waals surface area contributed by atoms with Gasteiger partial charge in [0.1, 0.15) is 0 Å². The number of thioether (sulfide) groups is 1. The summed E-state index contributed by atoms with van der Waals surface area (Å²) in [6.45, 7) is 1.92. The molecule has 1 saturated heterocycles. The Hall–Kier alpha value is -1.82. The second kappa shape index (κ2) is 3.84. The Morgan fingerprint density at radius 1 is 1.21 bits per heavy atom. The van der Waals surface area contributed by atoms with Crippen LogP contribution in [0.2, 0.25) is 0 Å². The number of anilines is 2. The van der Waals surface area contributed by atoms with Crippen LogP contribution in [0.1, 0.15) is 6.42 Å². The van der Waals surface area contributed by atoms with Crippen molar-refractivity contribution in [2.24, 2.45) is 4.99 Å². The van der Waals surface area contributed by atoms with Crippen LogP contribution >= 0.6 is 11.8 Å². The molecule has 1 aromatic carbocycles. The molecule has 0 spiro atoms. The number of nitrogens with zero attached hydrogens (tertiary/aromatic N) is 3. The molecular formula is C13H11N3O2S. The maximum absolute atomic E-state index is 11.8. The molecule has 1 amide bonds. The molecule has 0 N–H and O–H groups in total. The molecule has 1 fully saturated rings. The van der Waals surface area contributed by atoms with Crippen molar-refractivity contribution < 1.29 is 9.59 Å². The average molecular weight is 273 g/mol. The third-order valence-corrected chi connectivity index (χ3v) is 4.63.